The number of aromatic nitrogens is 1. The van der Waals surface area contributed by atoms with Crippen molar-refractivity contribution in [2.75, 3.05) is 7.05 Å². The molecular formula is C16H21ClN2S2. The van der Waals surface area contributed by atoms with E-state index in [1.165, 1.54) is 10.6 Å². The van der Waals surface area contributed by atoms with Crippen LogP contribution in [-0.4, -0.2) is 12.0 Å². The van der Waals surface area contributed by atoms with Gasteiger partial charge in [0.1, 0.15) is 5.01 Å². The molecule has 0 saturated heterocycles. The Morgan fingerprint density at radius 3 is 2.62 bits per heavy atom. The first-order valence-corrected chi connectivity index (χ1v) is 9.11. The molecule has 0 amide bonds. The molecule has 5 heteroatoms. The van der Waals surface area contributed by atoms with Gasteiger partial charge in [-0.3, -0.25) is 0 Å². The Labute approximate surface area is 140 Å². The van der Waals surface area contributed by atoms with Gasteiger partial charge in [-0.05, 0) is 19.2 Å². The Bertz CT molecular complexity index is 603. The number of nitrogens with one attached hydrogen (secondary N) is 1. The molecule has 0 spiro atoms. The van der Waals surface area contributed by atoms with Crippen molar-refractivity contribution in [3.63, 3.8) is 0 Å². The minimum atomic E-state index is 0.0794. The third kappa shape index (κ3) is 4.46. The molecule has 114 valence electrons. The molecule has 1 aromatic carbocycles. The van der Waals surface area contributed by atoms with Crippen LogP contribution in [0.2, 0.25) is 5.02 Å². The summed E-state index contributed by atoms with van der Waals surface area (Å²) in [5.74, 6) is 0.862. The molecular weight excluding hydrogens is 320 g/mol. The molecule has 0 bridgehead atoms. The minimum Gasteiger partial charge on any atom is -0.315 e. The number of rotatable bonds is 5. The number of nitrogens with zero attached hydrogens (tertiary/aromatic N) is 1. The summed E-state index contributed by atoms with van der Waals surface area (Å²) in [5, 5.41) is 5.21. The van der Waals surface area contributed by atoms with Crippen molar-refractivity contribution in [3.8, 4) is 0 Å². The van der Waals surface area contributed by atoms with Crippen LogP contribution in [0.5, 0.6) is 0 Å². The van der Waals surface area contributed by atoms with Crippen LogP contribution in [0.25, 0.3) is 0 Å². The molecule has 0 unspecified atom stereocenters. The smallest absolute Gasteiger partial charge is 0.103 e. The van der Waals surface area contributed by atoms with E-state index >= 15 is 0 Å². The van der Waals surface area contributed by atoms with Gasteiger partial charge in [0, 0.05) is 21.7 Å². The summed E-state index contributed by atoms with van der Waals surface area (Å²) in [4.78, 5) is 7.31. The molecule has 0 aliphatic rings. The van der Waals surface area contributed by atoms with Gasteiger partial charge in [-0.25, -0.2) is 4.98 Å². The minimum absolute atomic E-state index is 0.0794. The number of halogens is 1. The zero-order valence-corrected chi connectivity index (χ0v) is 15.3. The van der Waals surface area contributed by atoms with Crippen LogP contribution in [0.1, 0.15) is 36.3 Å². The number of hydrogen-bond donors (Lipinski definition) is 1. The van der Waals surface area contributed by atoms with Crippen LogP contribution >= 0.6 is 34.7 Å². The van der Waals surface area contributed by atoms with Crippen molar-refractivity contribution in [2.24, 2.45) is 0 Å². The normalized spacial score (nSPS) is 11.9. The highest BCUT2D eigenvalue weighted by atomic mass is 35.5. The Hall–Kier alpha value is -0.550. The van der Waals surface area contributed by atoms with Gasteiger partial charge in [0.05, 0.1) is 16.5 Å². The largest absolute Gasteiger partial charge is 0.315 e. The van der Waals surface area contributed by atoms with Crippen LogP contribution in [0.3, 0.4) is 0 Å². The zero-order valence-electron chi connectivity index (χ0n) is 12.9. The Balaban J connectivity index is 2.16. The molecule has 1 aromatic heterocycles. The summed E-state index contributed by atoms with van der Waals surface area (Å²) in [6.07, 6.45) is 0. The van der Waals surface area contributed by atoms with Gasteiger partial charge in [0.15, 0.2) is 0 Å². The number of thioether (sulfide) groups is 1. The lowest BCUT2D eigenvalue weighted by molar-refractivity contribution is 0.562. The summed E-state index contributed by atoms with van der Waals surface area (Å²) in [7, 11) is 1.98. The summed E-state index contributed by atoms with van der Waals surface area (Å²) in [6.45, 7) is 7.52. The molecule has 0 fully saturated rings. The highest BCUT2D eigenvalue weighted by Gasteiger charge is 2.22. The van der Waals surface area contributed by atoms with Crippen molar-refractivity contribution in [3.05, 3.63) is 44.9 Å². The van der Waals surface area contributed by atoms with Gasteiger partial charge in [0.25, 0.3) is 0 Å². The Morgan fingerprint density at radius 2 is 2.00 bits per heavy atom. The van der Waals surface area contributed by atoms with Crippen LogP contribution in [0.15, 0.2) is 29.2 Å². The summed E-state index contributed by atoms with van der Waals surface area (Å²) in [5.41, 5.74) is 1.28. The maximum atomic E-state index is 6.20. The highest BCUT2D eigenvalue weighted by Crippen LogP contribution is 2.34. The summed E-state index contributed by atoms with van der Waals surface area (Å²) < 4.78 is 0. The second-order valence-electron chi connectivity index (χ2n) is 5.88. The van der Waals surface area contributed by atoms with Gasteiger partial charge < -0.3 is 5.32 Å². The van der Waals surface area contributed by atoms with E-state index in [9.17, 15) is 0 Å². The van der Waals surface area contributed by atoms with Gasteiger partial charge in [0.2, 0.25) is 0 Å². The standard InChI is InChI=1S/C16H21ClN2S2/c1-16(2,3)15-13(9-18-4)21-14(19-15)10-20-12-8-6-5-7-11(12)17/h5-8,18H,9-10H2,1-4H3. The second-order valence-corrected chi connectivity index (χ2v) is 8.47. The van der Waals surface area contributed by atoms with Crippen molar-refractivity contribution in [1.29, 1.82) is 0 Å². The molecule has 2 aromatic rings. The van der Waals surface area contributed by atoms with Gasteiger partial charge in [-0.15, -0.1) is 23.1 Å². The second kappa shape index (κ2) is 7.14. The van der Waals surface area contributed by atoms with Gasteiger partial charge in [-0.2, -0.15) is 0 Å². The van der Waals surface area contributed by atoms with Crippen LogP contribution in [-0.2, 0) is 17.7 Å². The molecule has 0 saturated carbocycles. The number of thiazole rings is 1. The molecule has 1 N–H and O–H groups in total. The van der Waals surface area contributed by atoms with E-state index in [1.54, 1.807) is 23.1 Å². The molecule has 0 aliphatic heterocycles. The van der Waals surface area contributed by atoms with E-state index in [1.807, 2.05) is 25.2 Å². The zero-order chi connectivity index (χ0) is 15.5. The molecule has 2 rings (SSSR count). The SMILES string of the molecule is CNCc1sc(CSc2ccccc2Cl)nc1C(C)(C)C. The first kappa shape index (κ1) is 16.8. The predicted octanol–water partition coefficient (Wildman–Crippen LogP) is 5.11. The fourth-order valence-corrected chi connectivity index (χ4v) is 4.55. The summed E-state index contributed by atoms with van der Waals surface area (Å²) >= 11 is 9.75. The van der Waals surface area contributed by atoms with E-state index in [2.05, 4.69) is 32.2 Å². The number of benzene rings is 1. The maximum absolute atomic E-state index is 6.20. The first-order chi connectivity index (χ1) is 9.91. The average molecular weight is 341 g/mol. The van der Waals surface area contributed by atoms with Crippen molar-refractivity contribution in [2.45, 2.75) is 43.4 Å². The topological polar surface area (TPSA) is 24.9 Å². The number of hydrogen-bond acceptors (Lipinski definition) is 4. The van der Waals surface area contributed by atoms with Crippen molar-refractivity contribution < 1.29 is 0 Å². The van der Waals surface area contributed by atoms with Crippen LogP contribution < -0.4 is 5.32 Å². The van der Waals surface area contributed by atoms with E-state index < -0.39 is 0 Å². The van der Waals surface area contributed by atoms with E-state index in [4.69, 9.17) is 16.6 Å². The Kier molecular flexibility index (Phi) is 5.72. The Morgan fingerprint density at radius 1 is 1.29 bits per heavy atom. The van der Waals surface area contributed by atoms with Gasteiger partial charge in [-0.1, -0.05) is 44.5 Å². The van der Waals surface area contributed by atoms with Crippen molar-refractivity contribution >= 4 is 34.7 Å². The first-order valence-electron chi connectivity index (χ1n) is 6.93. The lowest BCUT2D eigenvalue weighted by Gasteiger charge is -2.17. The highest BCUT2D eigenvalue weighted by molar-refractivity contribution is 7.98. The van der Waals surface area contributed by atoms with Crippen LogP contribution in [0.4, 0.5) is 0 Å². The van der Waals surface area contributed by atoms with E-state index in [-0.39, 0.29) is 5.41 Å². The lowest BCUT2D eigenvalue weighted by atomic mass is 9.91. The van der Waals surface area contributed by atoms with Gasteiger partial charge >= 0.3 is 0 Å². The van der Waals surface area contributed by atoms with E-state index in [0.717, 1.165) is 27.2 Å². The van der Waals surface area contributed by atoms with Crippen molar-refractivity contribution in [1.82, 2.24) is 10.3 Å². The predicted molar refractivity (Wildman–Crippen MR) is 94.6 cm³/mol. The molecule has 2 nitrogen and oxygen atoms in total. The third-order valence-corrected chi connectivity index (χ3v) is 5.74. The monoisotopic (exact) mass is 340 g/mol. The fraction of sp³-hybridized carbons (Fsp3) is 0.438. The average Bonchev–Trinajstić information content (AvgIpc) is 2.81. The van der Waals surface area contributed by atoms with E-state index in [0.29, 0.717) is 0 Å². The van der Waals surface area contributed by atoms with Crippen LogP contribution in [0, 0.1) is 0 Å². The molecule has 0 atom stereocenters. The fourth-order valence-electron chi connectivity index (χ4n) is 2.03. The maximum Gasteiger partial charge on any atom is 0.103 e. The quantitative estimate of drug-likeness (QED) is 0.766. The third-order valence-electron chi connectivity index (χ3n) is 2.98. The molecule has 0 radical (unpaired) electrons. The molecule has 21 heavy (non-hydrogen) atoms. The summed E-state index contributed by atoms with van der Waals surface area (Å²) in [6, 6.07) is 7.96. The lowest BCUT2D eigenvalue weighted by Crippen LogP contribution is -2.16. The molecule has 0 aliphatic carbocycles. The molecule has 1 heterocycles.